The molecule has 0 bridgehead atoms. The highest BCUT2D eigenvalue weighted by molar-refractivity contribution is 7.89. The molecule has 4 rings (SSSR count). The van der Waals surface area contributed by atoms with Crippen molar-refractivity contribution in [3.05, 3.63) is 53.3 Å². The molecule has 188 valence electrons. The van der Waals surface area contributed by atoms with E-state index in [1.54, 1.807) is 30.0 Å². The number of methoxy groups -OCH3 is 1. The van der Waals surface area contributed by atoms with Gasteiger partial charge in [0.2, 0.25) is 14.8 Å². The van der Waals surface area contributed by atoms with Gasteiger partial charge in [-0.2, -0.15) is 0 Å². The summed E-state index contributed by atoms with van der Waals surface area (Å²) in [6.45, 7) is 6.14. The van der Waals surface area contributed by atoms with Gasteiger partial charge in [-0.3, -0.25) is 9.47 Å². The van der Waals surface area contributed by atoms with Crippen molar-refractivity contribution in [1.29, 1.82) is 0 Å². The van der Waals surface area contributed by atoms with Crippen LogP contribution in [0.2, 0.25) is 0 Å². The van der Waals surface area contributed by atoms with E-state index in [0.29, 0.717) is 28.6 Å². The Morgan fingerprint density at radius 3 is 2.46 bits per heavy atom. The molecule has 35 heavy (non-hydrogen) atoms. The molecule has 0 amide bonds. The van der Waals surface area contributed by atoms with Crippen molar-refractivity contribution >= 4 is 22.2 Å². The molecule has 3 aromatic rings. The van der Waals surface area contributed by atoms with E-state index in [-0.39, 0.29) is 17.1 Å². The molecule has 2 heterocycles. The first kappa shape index (κ1) is 25.5. The standard InChI is InChI=1S/C24H31N5O4S2/c1-17-14-27(15-18(2)33-17)16-28-24(34)29(20-9-7-10-21(13-20)32-5)23(25-28)19-8-6-11-22(12-19)35(30,31)26(3)4/h6-13,17-18H,14-16H2,1-5H3/t17-,18-/m0/s1. The van der Waals surface area contributed by atoms with Crippen molar-refractivity contribution in [3.8, 4) is 22.8 Å². The van der Waals surface area contributed by atoms with Crippen LogP contribution in [0.5, 0.6) is 5.75 Å². The van der Waals surface area contributed by atoms with E-state index in [2.05, 4.69) is 18.7 Å². The summed E-state index contributed by atoms with van der Waals surface area (Å²) in [4.78, 5) is 2.45. The zero-order valence-corrected chi connectivity index (χ0v) is 22.2. The van der Waals surface area contributed by atoms with Crippen LogP contribution in [0.1, 0.15) is 13.8 Å². The lowest BCUT2D eigenvalue weighted by atomic mass is 10.2. The number of sulfonamides is 1. The van der Waals surface area contributed by atoms with Crippen LogP contribution >= 0.6 is 12.2 Å². The van der Waals surface area contributed by atoms with Gasteiger partial charge in [-0.15, -0.1) is 5.10 Å². The maximum atomic E-state index is 12.8. The molecule has 0 N–H and O–H groups in total. The highest BCUT2D eigenvalue weighted by Gasteiger charge is 2.25. The number of rotatable bonds is 7. The van der Waals surface area contributed by atoms with Crippen molar-refractivity contribution in [3.63, 3.8) is 0 Å². The molecular weight excluding hydrogens is 486 g/mol. The summed E-state index contributed by atoms with van der Waals surface area (Å²) in [6, 6.07) is 14.3. The molecule has 1 aromatic heterocycles. The van der Waals surface area contributed by atoms with E-state index in [1.165, 1.54) is 18.4 Å². The third-order valence-electron chi connectivity index (χ3n) is 5.85. The summed E-state index contributed by atoms with van der Waals surface area (Å²) in [7, 11) is 1.02. The van der Waals surface area contributed by atoms with Gasteiger partial charge in [0.1, 0.15) is 5.75 Å². The van der Waals surface area contributed by atoms with Crippen LogP contribution in [-0.2, 0) is 21.4 Å². The molecule has 11 heteroatoms. The SMILES string of the molecule is COc1cccc(-n2c(-c3cccc(S(=O)(=O)N(C)C)c3)nn(CN3C[C@H](C)O[C@@H](C)C3)c2=S)c1. The largest absolute Gasteiger partial charge is 0.497 e. The first-order valence-electron chi connectivity index (χ1n) is 11.3. The van der Waals surface area contributed by atoms with Gasteiger partial charge < -0.3 is 9.47 Å². The lowest BCUT2D eigenvalue weighted by Gasteiger charge is -2.34. The second-order valence-electron chi connectivity index (χ2n) is 8.89. The molecule has 0 aliphatic carbocycles. The van der Waals surface area contributed by atoms with E-state index >= 15 is 0 Å². The Kier molecular flexibility index (Phi) is 7.43. The van der Waals surface area contributed by atoms with Gasteiger partial charge in [0.15, 0.2) is 5.82 Å². The van der Waals surface area contributed by atoms with E-state index < -0.39 is 10.0 Å². The summed E-state index contributed by atoms with van der Waals surface area (Å²) in [5.74, 6) is 1.23. The topological polar surface area (TPSA) is 81.8 Å². The normalized spacial score (nSPS) is 19.3. The van der Waals surface area contributed by atoms with Crippen molar-refractivity contribution in [2.24, 2.45) is 0 Å². The molecule has 1 fully saturated rings. The summed E-state index contributed by atoms with van der Waals surface area (Å²) >= 11 is 5.89. The van der Waals surface area contributed by atoms with Crippen molar-refractivity contribution < 1.29 is 17.9 Å². The fraction of sp³-hybridized carbons (Fsp3) is 0.417. The number of nitrogens with zero attached hydrogens (tertiary/aromatic N) is 5. The van der Waals surface area contributed by atoms with Crippen LogP contribution in [0.25, 0.3) is 17.1 Å². The van der Waals surface area contributed by atoms with Crippen LogP contribution < -0.4 is 4.74 Å². The first-order valence-corrected chi connectivity index (χ1v) is 13.2. The minimum Gasteiger partial charge on any atom is -0.497 e. The molecule has 0 saturated carbocycles. The van der Waals surface area contributed by atoms with Gasteiger partial charge in [-0.25, -0.2) is 17.4 Å². The van der Waals surface area contributed by atoms with Gasteiger partial charge in [-0.05, 0) is 50.3 Å². The summed E-state index contributed by atoms with van der Waals surface area (Å²) in [5.41, 5.74) is 1.42. The number of ether oxygens (including phenoxy) is 2. The Morgan fingerprint density at radius 2 is 1.80 bits per heavy atom. The van der Waals surface area contributed by atoms with Crippen molar-refractivity contribution in [2.75, 3.05) is 34.3 Å². The molecular formula is C24H31N5O4S2. The van der Waals surface area contributed by atoms with Crippen molar-refractivity contribution in [2.45, 2.75) is 37.6 Å². The molecule has 2 aromatic carbocycles. The third kappa shape index (κ3) is 5.34. The average Bonchev–Trinajstić information content (AvgIpc) is 3.14. The minimum atomic E-state index is -3.61. The molecule has 0 radical (unpaired) electrons. The molecule has 1 aliphatic heterocycles. The van der Waals surface area contributed by atoms with E-state index in [9.17, 15) is 8.42 Å². The second-order valence-corrected chi connectivity index (χ2v) is 11.4. The summed E-state index contributed by atoms with van der Waals surface area (Å²) < 4.78 is 42.2. The second kappa shape index (κ2) is 10.2. The number of hydrogen-bond acceptors (Lipinski definition) is 7. The number of aromatic nitrogens is 3. The van der Waals surface area contributed by atoms with Crippen molar-refractivity contribution in [1.82, 2.24) is 23.6 Å². The van der Waals surface area contributed by atoms with Gasteiger partial charge in [0.05, 0.1) is 36.6 Å². The van der Waals surface area contributed by atoms with Gasteiger partial charge in [0.25, 0.3) is 0 Å². The van der Waals surface area contributed by atoms with E-state index in [1.807, 2.05) is 34.9 Å². The third-order valence-corrected chi connectivity index (χ3v) is 8.06. The van der Waals surface area contributed by atoms with Gasteiger partial charge in [-0.1, -0.05) is 18.2 Å². The monoisotopic (exact) mass is 517 g/mol. The molecule has 1 saturated heterocycles. The van der Waals surface area contributed by atoms with Crippen LogP contribution in [0, 0.1) is 4.77 Å². The maximum absolute atomic E-state index is 12.8. The average molecular weight is 518 g/mol. The fourth-order valence-electron chi connectivity index (χ4n) is 4.26. The number of morpholine rings is 1. The Hall–Kier alpha value is -2.57. The van der Waals surface area contributed by atoms with E-state index in [0.717, 1.165) is 18.8 Å². The van der Waals surface area contributed by atoms with Crippen LogP contribution in [0.4, 0.5) is 0 Å². The van der Waals surface area contributed by atoms with Gasteiger partial charge in [0, 0.05) is 38.8 Å². The number of hydrogen-bond donors (Lipinski definition) is 0. The Morgan fingerprint density at radius 1 is 1.11 bits per heavy atom. The lowest BCUT2D eigenvalue weighted by Crippen LogP contribution is -2.46. The van der Waals surface area contributed by atoms with Crippen LogP contribution in [0.15, 0.2) is 53.4 Å². The molecule has 1 aliphatic rings. The first-order chi connectivity index (χ1) is 16.6. The predicted octanol–water partition coefficient (Wildman–Crippen LogP) is 3.40. The Bertz CT molecular complexity index is 1360. The fourth-order valence-corrected chi connectivity index (χ4v) is 5.50. The van der Waals surface area contributed by atoms with Gasteiger partial charge >= 0.3 is 0 Å². The molecule has 0 spiro atoms. The lowest BCUT2D eigenvalue weighted by molar-refractivity contribution is -0.0777. The zero-order valence-electron chi connectivity index (χ0n) is 20.6. The Balaban J connectivity index is 1.85. The van der Waals surface area contributed by atoms with Crippen LogP contribution in [0.3, 0.4) is 0 Å². The quantitative estimate of drug-likeness (QED) is 0.444. The predicted molar refractivity (Wildman–Crippen MR) is 137 cm³/mol. The minimum absolute atomic E-state index is 0.112. The molecule has 9 nitrogen and oxygen atoms in total. The zero-order chi connectivity index (χ0) is 25.3. The maximum Gasteiger partial charge on any atom is 0.242 e. The Labute approximate surface area is 211 Å². The highest BCUT2D eigenvalue weighted by atomic mass is 32.2. The summed E-state index contributed by atoms with van der Waals surface area (Å²) in [6.07, 6.45) is 0.224. The molecule has 0 unspecified atom stereocenters. The highest BCUT2D eigenvalue weighted by Crippen LogP contribution is 2.27. The van der Waals surface area contributed by atoms with E-state index in [4.69, 9.17) is 26.8 Å². The summed E-state index contributed by atoms with van der Waals surface area (Å²) in [5, 5.41) is 4.87. The molecule has 2 atom stereocenters. The smallest absolute Gasteiger partial charge is 0.242 e. The van der Waals surface area contributed by atoms with Crippen LogP contribution in [-0.4, -0.2) is 78.5 Å². The number of benzene rings is 2.